The fourth-order valence-electron chi connectivity index (χ4n) is 2.50. The molecule has 0 bridgehead atoms. The summed E-state index contributed by atoms with van der Waals surface area (Å²) in [7, 11) is 0. The van der Waals surface area contributed by atoms with Gasteiger partial charge in [-0.2, -0.15) is 0 Å². The van der Waals surface area contributed by atoms with Gasteiger partial charge in [0.25, 0.3) is 0 Å². The quantitative estimate of drug-likeness (QED) is 0.803. The molecule has 0 radical (unpaired) electrons. The van der Waals surface area contributed by atoms with Gasteiger partial charge >= 0.3 is 5.97 Å². The molecule has 1 aliphatic rings. The summed E-state index contributed by atoms with van der Waals surface area (Å²) in [6.07, 6.45) is 7.43. The standard InChI is InChI=1S/C15H18O2/c16-15(17)14(13-9-5-2-6-10-13)11-12-7-3-1-4-8-12/h1,3-4,7-8,11,13H,2,5-6,9-10H2,(H,16,17)/b14-11-. The summed E-state index contributed by atoms with van der Waals surface area (Å²) in [5, 5.41) is 9.32. The monoisotopic (exact) mass is 230 g/mol. The molecule has 1 aromatic carbocycles. The zero-order valence-corrected chi connectivity index (χ0v) is 9.93. The van der Waals surface area contributed by atoms with Crippen molar-refractivity contribution in [1.29, 1.82) is 0 Å². The van der Waals surface area contributed by atoms with Crippen LogP contribution in [0.5, 0.6) is 0 Å². The maximum atomic E-state index is 11.3. The van der Waals surface area contributed by atoms with Crippen molar-refractivity contribution in [2.24, 2.45) is 5.92 Å². The lowest BCUT2D eigenvalue weighted by molar-refractivity contribution is -0.133. The summed E-state index contributed by atoms with van der Waals surface area (Å²) < 4.78 is 0. The second-order valence-corrected chi connectivity index (χ2v) is 4.65. The number of rotatable bonds is 3. The summed E-state index contributed by atoms with van der Waals surface area (Å²) >= 11 is 0. The van der Waals surface area contributed by atoms with E-state index in [1.54, 1.807) is 0 Å². The van der Waals surface area contributed by atoms with Gasteiger partial charge in [-0.05, 0) is 30.4 Å². The van der Waals surface area contributed by atoms with Crippen LogP contribution in [-0.2, 0) is 4.79 Å². The van der Waals surface area contributed by atoms with E-state index in [4.69, 9.17) is 0 Å². The van der Waals surface area contributed by atoms with Crippen LogP contribution in [0, 0.1) is 5.92 Å². The van der Waals surface area contributed by atoms with E-state index in [1.807, 2.05) is 36.4 Å². The van der Waals surface area contributed by atoms with Gasteiger partial charge in [0, 0.05) is 5.57 Å². The molecule has 0 heterocycles. The highest BCUT2D eigenvalue weighted by atomic mass is 16.4. The molecule has 2 nitrogen and oxygen atoms in total. The van der Waals surface area contributed by atoms with E-state index >= 15 is 0 Å². The van der Waals surface area contributed by atoms with E-state index in [2.05, 4.69) is 0 Å². The van der Waals surface area contributed by atoms with Crippen molar-refractivity contribution in [3.8, 4) is 0 Å². The van der Waals surface area contributed by atoms with E-state index in [0.717, 1.165) is 31.2 Å². The Kier molecular flexibility index (Phi) is 3.97. The van der Waals surface area contributed by atoms with Gasteiger partial charge in [-0.1, -0.05) is 49.6 Å². The predicted octanol–water partition coefficient (Wildman–Crippen LogP) is 3.73. The summed E-state index contributed by atoms with van der Waals surface area (Å²) in [6.45, 7) is 0. The normalized spacial score (nSPS) is 18.0. The first kappa shape index (κ1) is 11.9. The van der Waals surface area contributed by atoms with E-state index in [1.165, 1.54) is 6.42 Å². The lowest BCUT2D eigenvalue weighted by atomic mass is 9.83. The van der Waals surface area contributed by atoms with Crippen LogP contribution in [0.3, 0.4) is 0 Å². The third kappa shape index (κ3) is 3.19. The lowest BCUT2D eigenvalue weighted by Crippen LogP contribution is -2.15. The second-order valence-electron chi connectivity index (χ2n) is 4.65. The lowest BCUT2D eigenvalue weighted by Gasteiger charge is -2.22. The van der Waals surface area contributed by atoms with Gasteiger partial charge in [0.05, 0.1) is 0 Å². The topological polar surface area (TPSA) is 37.3 Å². The number of benzene rings is 1. The third-order valence-corrected chi connectivity index (χ3v) is 3.41. The third-order valence-electron chi connectivity index (χ3n) is 3.41. The SMILES string of the molecule is O=C(O)/C(=C\c1ccccc1)C1CCCCC1. The molecule has 1 saturated carbocycles. The Morgan fingerprint density at radius 3 is 2.35 bits per heavy atom. The molecule has 1 aromatic rings. The first-order valence-corrected chi connectivity index (χ1v) is 6.27. The highest BCUT2D eigenvalue weighted by molar-refractivity contribution is 5.92. The molecule has 1 aliphatic carbocycles. The van der Waals surface area contributed by atoms with Crippen LogP contribution in [0.25, 0.3) is 6.08 Å². The Hall–Kier alpha value is -1.57. The molecule has 0 unspecified atom stereocenters. The Morgan fingerprint density at radius 2 is 1.76 bits per heavy atom. The number of carboxylic acids is 1. The van der Waals surface area contributed by atoms with Crippen molar-refractivity contribution in [2.75, 3.05) is 0 Å². The van der Waals surface area contributed by atoms with Crippen molar-refractivity contribution >= 4 is 12.0 Å². The number of carbonyl (C=O) groups is 1. The Balaban J connectivity index is 2.22. The molecular weight excluding hydrogens is 212 g/mol. The molecule has 0 aromatic heterocycles. The van der Waals surface area contributed by atoms with Crippen LogP contribution < -0.4 is 0 Å². The Morgan fingerprint density at radius 1 is 1.12 bits per heavy atom. The molecule has 17 heavy (non-hydrogen) atoms. The number of hydrogen-bond acceptors (Lipinski definition) is 1. The van der Waals surface area contributed by atoms with Gasteiger partial charge in [0.1, 0.15) is 0 Å². The van der Waals surface area contributed by atoms with Crippen LogP contribution in [0.4, 0.5) is 0 Å². The Bertz CT molecular complexity index is 400. The van der Waals surface area contributed by atoms with Gasteiger partial charge in [-0.15, -0.1) is 0 Å². The minimum atomic E-state index is -0.763. The zero-order chi connectivity index (χ0) is 12.1. The summed E-state index contributed by atoms with van der Waals surface area (Å²) in [5.41, 5.74) is 1.56. The number of aliphatic carboxylic acids is 1. The minimum Gasteiger partial charge on any atom is -0.478 e. The predicted molar refractivity (Wildman–Crippen MR) is 68.6 cm³/mol. The molecule has 0 saturated heterocycles. The smallest absolute Gasteiger partial charge is 0.331 e. The fourth-order valence-corrected chi connectivity index (χ4v) is 2.50. The molecule has 2 rings (SSSR count). The van der Waals surface area contributed by atoms with Crippen LogP contribution >= 0.6 is 0 Å². The average Bonchev–Trinajstić information content (AvgIpc) is 2.38. The average molecular weight is 230 g/mol. The first-order valence-electron chi connectivity index (χ1n) is 6.27. The number of hydrogen-bond donors (Lipinski definition) is 1. The molecule has 0 aliphatic heterocycles. The van der Waals surface area contributed by atoms with Gasteiger partial charge < -0.3 is 5.11 Å². The molecular formula is C15H18O2. The van der Waals surface area contributed by atoms with Gasteiger partial charge in [0.2, 0.25) is 0 Å². The fraction of sp³-hybridized carbons (Fsp3) is 0.400. The summed E-state index contributed by atoms with van der Waals surface area (Å²) in [6, 6.07) is 9.72. The van der Waals surface area contributed by atoms with E-state index in [-0.39, 0.29) is 5.92 Å². The van der Waals surface area contributed by atoms with Crippen LogP contribution in [-0.4, -0.2) is 11.1 Å². The summed E-state index contributed by atoms with van der Waals surface area (Å²) in [4.78, 5) is 11.3. The summed E-state index contributed by atoms with van der Waals surface area (Å²) in [5.74, 6) is -0.526. The van der Waals surface area contributed by atoms with Crippen molar-refractivity contribution in [3.63, 3.8) is 0 Å². The van der Waals surface area contributed by atoms with Crippen molar-refractivity contribution < 1.29 is 9.90 Å². The molecule has 1 N–H and O–H groups in total. The Labute approximate surface area is 102 Å². The molecule has 90 valence electrons. The van der Waals surface area contributed by atoms with Gasteiger partial charge in [-0.3, -0.25) is 0 Å². The molecule has 0 atom stereocenters. The maximum absolute atomic E-state index is 11.3. The second kappa shape index (κ2) is 5.67. The van der Waals surface area contributed by atoms with Crippen LogP contribution in [0.15, 0.2) is 35.9 Å². The number of carboxylic acid groups (broad SMARTS) is 1. The van der Waals surface area contributed by atoms with E-state index in [0.29, 0.717) is 5.57 Å². The largest absolute Gasteiger partial charge is 0.478 e. The van der Waals surface area contributed by atoms with Gasteiger partial charge in [-0.25, -0.2) is 4.79 Å². The van der Waals surface area contributed by atoms with Crippen molar-refractivity contribution in [3.05, 3.63) is 41.5 Å². The van der Waals surface area contributed by atoms with Crippen LogP contribution in [0.2, 0.25) is 0 Å². The van der Waals surface area contributed by atoms with Crippen molar-refractivity contribution in [1.82, 2.24) is 0 Å². The maximum Gasteiger partial charge on any atom is 0.331 e. The molecule has 2 heteroatoms. The molecule has 1 fully saturated rings. The highest BCUT2D eigenvalue weighted by Gasteiger charge is 2.22. The van der Waals surface area contributed by atoms with E-state index < -0.39 is 5.97 Å². The van der Waals surface area contributed by atoms with Crippen LogP contribution in [0.1, 0.15) is 37.7 Å². The highest BCUT2D eigenvalue weighted by Crippen LogP contribution is 2.30. The minimum absolute atomic E-state index is 0.237. The molecule has 0 spiro atoms. The zero-order valence-electron chi connectivity index (χ0n) is 9.93. The van der Waals surface area contributed by atoms with Gasteiger partial charge in [0.15, 0.2) is 0 Å². The molecule has 0 amide bonds. The van der Waals surface area contributed by atoms with Crippen molar-refractivity contribution in [2.45, 2.75) is 32.1 Å². The van der Waals surface area contributed by atoms with E-state index in [9.17, 15) is 9.90 Å². The first-order chi connectivity index (χ1) is 8.27.